The molecule has 1 saturated heterocycles. The van der Waals surface area contributed by atoms with Crippen LogP contribution in [0.15, 0.2) is 18.2 Å². The molecular formula is C38H63N3O11. The lowest BCUT2D eigenvalue weighted by Crippen LogP contribution is -2.47. The molecule has 0 radical (unpaired) electrons. The molecule has 1 aliphatic rings. The van der Waals surface area contributed by atoms with E-state index in [2.05, 4.69) is 19.2 Å². The fourth-order valence-corrected chi connectivity index (χ4v) is 6.04. The summed E-state index contributed by atoms with van der Waals surface area (Å²) in [5.74, 6) is -0.151. The van der Waals surface area contributed by atoms with E-state index in [4.69, 9.17) is 34.2 Å². The molecule has 1 unspecified atom stereocenters. The van der Waals surface area contributed by atoms with E-state index in [1.54, 1.807) is 28.1 Å². The second-order valence-corrected chi connectivity index (χ2v) is 15.3. The monoisotopic (exact) mass is 737 g/mol. The van der Waals surface area contributed by atoms with Gasteiger partial charge in [0, 0.05) is 32.6 Å². The van der Waals surface area contributed by atoms with E-state index in [9.17, 15) is 24.3 Å². The third kappa shape index (κ3) is 13.6. The average molecular weight is 738 g/mol. The molecule has 4 N–H and O–H groups in total. The van der Waals surface area contributed by atoms with Gasteiger partial charge in [-0.25, -0.2) is 9.59 Å². The summed E-state index contributed by atoms with van der Waals surface area (Å²) < 4.78 is 33.6. The van der Waals surface area contributed by atoms with Crippen LogP contribution in [0.5, 0.6) is 11.5 Å². The second kappa shape index (κ2) is 21.1. The van der Waals surface area contributed by atoms with Gasteiger partial charge in [-0.1, -0.05) is 47.6 Å². The van der Waals surface area contributed by atoms with Crippen LogP contribution in [0.1, 0.15) is 80.2 Å². The number of ether oxygens (including phenoxy) is 6. The molecule has 0 spiro atoms. The predicted molar refractivity (Wildman–Crippen MR) is 195 cm³/mol. The van der Waals surface area contributed by atoms with Crippen LogP contribution in [-0.2, 0) is 35.0 Å². The van der Waals surface area contributed by atoms with Crippen LogP contribution >= 0.6 is 0 Å². The number of amides is 3. The van der Waals surface area contributed by atoms with Gasteiger partial charge in [0.05, 0.1) is 37.9 Å². The zero-order chi connectivity index (χ0) is 39.2. The molecule has 0 aliphatic carbocycles. The van der Waals surface area contributed by atoms with E-state index >= 15 is 0 Å². The fourth-order valence-electron chi connectivity index (χ4n) is 6.04. The van der Waals surface area contributed by atoms with Crippen LogP contribution in [0, 0.1) is 35.0 Å². The van der Waals surface area contributed by atoms with Gasteiger partial charge in [-0.15, -0.1) is 0 Å². The van der Waals surface area contributed by atoms with Gasteiger partial charge < -0.3 is 44.6 Å². The molecule has 0 bridgehead atoms. The van der Waals surface area contributed by atoms with E-state index in [0.29, 0.717) is 44.0 Å². The lowest BCUT2D eigenvalue weighted by molar-refractivity contribution is -0.130. The molecule has 1 heterocycles. The minimum atomic E-state index is -1.23. The standard InChI is InChI=1S/C38H63N3O11/c1-23(2)20-50-37(46)51-21-33-41(36(44)45)29(31(52-33)19-28(25(5)6)34(42)40-22-38(7,8)35(39)43)18-27(24(3)4)16-26-12-13-30(48-10)32(17-26)49-15-11-14-47-9/h12-13,17,23-25,27-29,31,33H,11,14-16,18-22H2,1-10H3,(H2,39,43)(H,40,42)(H,44,45)/t27-,28-,29-,31-,33?/m0/s1. The number of nitrogens with one attached hydrogen (secondary N) is 1. The van der Waals surface area contributed by atoms with Crippen LogP contribution in [0.25, 0.3) is 0 Å². The Hall–Kier alpha value is -3.78. The van der Waals surface area contributed by atoms with Crippen molar-refractivity contribution in [1.29, 1.82) is 0 Å². The Kier molecular flexibility index (Phi) is 18.0. The second-order valence-electron chi connectivity index (χ2n) is 15.3. The topological polar surface area (TPSA) is 185 Å². The van der Waals surface area contributed by atoms with Crippen molar-refractivity contribution in [2.45, 2.75) is 99.4 Å². The van der Waals surface area contributed by atoms with Crippen molar-refractivity contribution >= 4 is 24.1 Å². The van der Waals surface area contributed by atoms with Crippen molar-refractivity contribution in [3.63, 3.8) is 0 Å². The van der Waals surface area contributed by atoms with Crippen LogP contribution in [0.2, 0.25) is 0 Å². The van der Waals surface area contributed by atoms with Gasteiger partial charge in [-0.05, 0) is 74.5 Å². The highest BCUT2D eigenvalue weighted by molar-refractivity contribution is 5.83. The number of rotatable bonds is 22. The Labute approximate surface area is 309 Å². The van der Waals surface area contributed by atoms with E-state index in [1.165, 1.54) is 4.90 Å². The van der Waals surface area contributed by atoms with Crippen molar-refractivity contribution < 1.29 is 52.7 Å². The minimum absolute atomic E-state index is 0.0222. The van der Waals surface area contributed by atoms with Crippen molar-refractivity contribution in [2.24, 2.45) is 40.7 Å². The zero-order valence-corrected chi connectivity index (χ0v) is 32.8. The molecule has 2 rings (SSSR count). The van der Waals surface area contributed by atoms with Crippen LogP contribution in [0.3, 0.4) is 0 Å². The summed E-state index contributed by atoms with van der Waals surface area (Å²) in [4.78, 5) is 52.0. The predicted octanol–water partition coefficient (Wildman–Crippen LogP) is 5.49. The number of nitrogens with zero attached hydrogens (tertiary/aromatic N) is 1. The minimum Gasteiger partial charge on any atom is -0.493 e. The van der Waals surface area contributed by atoms with Crippen LogP contribution in [-0.4, -0.2) is 99.6 Å². The molecule has 0 saturated carbocycles. The van der Waals surface area contributed by atoms with E-state index in [-0.39, 0.29) is 55.8 Å². The van der Waals surface area contributed by atoms with Gasteiger partial charge in [0.2, 0.25) is 11.8 Å². The first kappa shape index (κ1) is 44.4. The molecule has 5 atom stereocenters. The summed E-state index contributed by atoms with van der Waals surface area (Å²) in [6.07, 6.45) is -2.07. The van der Waals surface area contributed by atoms with Gasteiger partial charge in [-0.2, -0.15) is 0 Å². The Balaban J connectivity index is 2.43. The SMILES string of the molecule is COCCCOc1cc(C[C@@H](C[C@H]2[C@H](C[C@H](C(=O)NCC(C)(C)C(N)=O)C(C)C)OC(COC(=O)OCC(C)C)N2C(=O)O)C(C)C)ccc1OC. The summed E-state index contributed by atoms with van der Waals surface area (Å²) in [5, 5.41) is 13.4. The lowest BCUT2D eigenvalue weighted by atomic mass is 9.80. The number of hydrogen-bond acceptors (Lipinski definition) is 10. The van der Waals surface area contributed by atoms with Crippen molar-refractivity contribution in [2.75, 3.05) is 47.2 Å². The molecule has 1 aliphatic heterocycles. The van der Waals surface area contributed by atoms with Crippen molar-refractivity contribution in [3.05, 3.63) is 23.8 Å². The number of methoxy groups -OCH3 is 2. The summed E-state index contributed by atoms with van der Waals surface area (Å²) in [6.45, 7) is 15.9. The number of nitrogens with two attached hydrogens (primary N) is 1. The first-order chi connectivity index (χ1) is 24.4. The highest BCUT2D eigenvalue weighted by atomic mass is 16.7. The molecule has 3 amide bonds. The van der Waals surface area contributed by atoms with Gasteiger partial charge >= 0.3 is 12.2 Å². The van der Waals surface area contributed by atoms with Gasteiger partial charge in [-0.3, -0.25) is 14.5 Å². The summed E-state index contributed by atoms with van der Waals surface area (Å²) in [6, 6.07) is 5.11. The maximum absolute atomic E-state index is 13.6. The first-order valence-electron chi connectivity index (χ1n) is 18.2. The lowest BCUT2D eigenvalue weighted by Gasteiger charge is -2.33. The van der Waals surface area contributed by atoms with Crippen molar-refractivity contribution in [1.82, 2.24) is 10.2 Å². The quantitative estimate of drug-likeness (QED) is 0.101. The molecule has 52 heavy (non-hydrogen) atoms. The Morgan fingerprint density at radius 3 is 2.23 bits per heavy atom. The Morgan fingerprint density at radius 1 is 0.981 bits per heavy atom. The average Bonchev–Trinajstić information content (AvgIpc) is 3.42. The maximum atomic E-state index is 13.6. The third-order valence-electron chi connectivity index (χ3n) is 9.49. The van der Waals surface area contributed by atoms with Gasteiger partial charge in [0.15, 0.2) is 17.7 Å². The van der Waals surface area contributed by atoms with Gasteiger partial charge in [0.25, 0.3) is 0 Å². The molecule has 296 valence electrons. The number of carbonyl (C=O) groups excluding carboxylic acids is 3. The fraction of sp³-hybridized carbons (Fsp3) is 0.737. The van der Waals surface area contributed by atoms with Crippen LogP contribution in [0.4, 0.5) is 9.59 Å². The van der Waals surface area contributed by atoms with Gasteiger partial charge in [0.1, 0.15) is 6.61 Å². The molecule has 1 aromatic rings. The number of carboxylic acid groups (broad SMARTS) is 1. The molecule has 14 heteroatoms. The summed E-state index contributed by atoms with van der Waals surface area (Å²) in [5.41, 5.74) is 5.56. The first-order valence-corrected chi connectivity index (χ1v) is 18.2. The number of carbonyl (C=O) groups is 4. The maximum Gasteiger partial charge on any atom is 0.508 e. The molecule has 1 aromatic carbocycles. The summed E-state index contributed by atoms with van der Waals surface area (Å²) in [7, 11) is 3.23. The van der Waals surface area contributed by atoms with E-state index in [1.807, 2.05) is 45.9 Å². The molecule has 1 fully saturated rings. The summed E-state index contributed by atoms with van der Waals surface area (Å²) >= 11 is 0. The number of benzene rings is 1. The normalized spacial score (nSPS) is 18.7. The van der Waals surface area contributed by atoms with Crippen molar-refractivity contribution in [3.8, 4) is 11.5 Å². The zero-order valence-electron chi connectivity index (χ0n) is 32.8. The number of primary amides is 1. The Morgan fingerprint density at radius 2 is 1.67 bits per heavy atom. The van der Waals surface area contributed by atoms with E-state index < -0.39 is 47.9 Å². The highest BCUT2D eigenvalue weighted by Crippen LogP contribution is 2.37. The van der Waals surface area contributed by atoms with E-state index in [0.717, 1.165) is 5.56 Å². The van der Waals surface area contributed by atoms with Crippen LogP contribution < -0.4 is 20.5 Å². The molecule has 14 nitrogen and oxygen atoms in total. The highest BCUT2D eigenvalue weighted by Gasteiger charge is 2.48. The number of hydrogen-bond donors (Lipinski definition) is 3. The smallest absolute Gasteiger partial charge is 0.493 e. The Bertz CT molecular complexity index is 1300. The largest absolute Gasteiger partial charge is 0.508 e. The third-order valence-corrected chi connectivity index (χ3v) is 9.49. The molecule has 0 aromatic heterocycles. The molecular weight excluding hydrogens is 674 g/mol.